The van der Waals surface area contributed by atoms with Gasteiger partial charge in [0, 0.05) is 24.9 Å². The van der Waals surface area contributed by atoms with Gasteiger partial charge in [0.15, 0.2) is 9.84 Å². The third-order valence-electron chi connectivity index (χ3n) is 9.56. The number of nitrogens with one attached hydrogen (secondary N) is 3. The number of sulfone groups is 1. The van der Waals surface area contributed by atoms with Crippen LogP contribution in [0, 0.1) is 11.8 Å². The van der Waals surface area contributed by atoms with Crippen molar-refractivity contribution < 1.29 is 33.0 Å². The Kier molecular flexibility index (Phi) is 12.1. The van der Waals surface area contributed by atoms with Crippen molar-refractivity contribution >= 4 is 27.6 Å². The molecule has 2 aliphatic rings. The highest BCUT2D eigenvalue weighted by Gasteiger charge is 2.47. The molecule has 3 rings (SSSR count). The fourth-order valence-electron chi connectivity index (χ4n) is 6.49. The van der Waals surface area contributed by atoms with Crippen molar-refractivity contribution in [2.24, 2.45) is 11.8 Å². The van der Waals surface area contributed by atoms with Crippen LogP contribution in [0.1, 0.15) is 86.1 Å². The number of hydrogen-bond acceptors (Lipinski definition) is 8. The molecule has 3 unspecified atom stereocenters. The van der Waals surface area contributed by atoms with Crippen molar-refractivity contribution in [3.8, 4) is 0 Å². The first-order valence-corrected chi connectivity index (χ1v) is 18.3. The molecule has 1 saturated heterocycles. The molecule has 1 aliphatic heterocycles. The van der Waals surface area contributed by atoms with Gasteiger partial charge >= 0.3 is 0 Å². The highest BCUT2D eigenvalue weighted by molar-refractivity contribution is 7.92. The Balaban J connectivity index is 1.94. The summed E-state index contributed by atoms with van der Waals surface area (Å²) in [6.45, 7) is 11.7. The fraction of sp³-hybridized carbons (Fsp3) is 0.735. The standard InChI is InChI=1S/C34H56N4O7S/c1-32(2,3)37-29(40)26-19-23-16-12-13-17-24(23)20-38(26)21-27(39)25(18-22-14-10-9-11-15-22)35-30(41)28(34(6,7)46(8,44)45)36-31(42)33(4,5)43/h9-11,14-15,23-28,39,43H,12-13,16-21H2,1-8H3,(H,35,41)(H,36,42)(H,37,40)/t23-,24+,25?,26?,27?,28+/m0/s1. The average molecular weight is 665 g/mol. The van der Waals surface area contributed by atoms with E-state index in [9.17, 15) is 33.0 Å². The maximum Gasteiger partial charge on any atom is 0.252 e. The zero-order chi connectivity index (χ0) is 34.7. The van der Waals surface area contributed by atoms with Crippen molar-refractivity contribution in [3.63, 3.8) is 0 Å². The normalized spacial score (nSPS) is 23.4. The summed E-state index contributed by atoms with van der Waals surface area (Å²) in [7, 11) is -3.89. The van der Waals surface area contributed by atoms with Gasteiger partial charge in [0.1, 0.15) is 11.6 Å². The van der Waals surface area contributed by atoms with Gasteiger partial charge in [-0.25, -0.2) is 8.42 Å². The maximum atomic E-state index is 14.0. The minimum absolute atomic E-state index is 0.0864. The Morgan fingerprint density at radius 2 is 1.54 bits per heavy atom. The van der Waals surface area contributed by atoms with Crippen molar-refractivity contribution in [1.82, 2.24) is 20.9 Å². The smallest absolute Gasteiger partial charge is 0.252 e. The summed E-state index contributed by atoms with van der Waals surface area (Å²) < 4.78 is 23.9. The van der Waals surface area contributed by atoms with E-state index in [1.165, 1.54) is 27.7 Å². The molecular formula is C34H56N4O7S. The molecule has 0 bridgehead atoms. The summed E-state index contributed by atoms with van der Waals surface area (Å²) in [6, 6.07) is 6.39. The molecule has 0 spiro atoms. The average Bonchev–Trinajstić information content (AvgIpc) is 2.93. The lowest BCUT2D eigenvalue weighted by Gasteiger charge is -2.47. The van der Waals surface area contributed by atoms with Crippen molar-refractivity contribution in [2.75, 3.05) is 19.3 Å². The number of amides is 3. The first-order valence-electron chi connectivity index (χ1n) is 16.4. The summed E-state index contributed by atoms with van der Waals surface area (Å²) in [5.74, 6) is -0.944. The Hall–Kier alpha value is -2.54. The predicted molar refractivity (Wildman–Crippen MR) is 179 cm³/mol. The third-order valence-corrected chi connectivity index (χ3v) is 11.7. The highest BCUT2D eigenvalue weighted by Crippen LogP contribution is 2.39. The van der Waals surface area contributed by atoms with Crippen LogP contribution in [-0.4, -0.2) is 101 Å². The van der Waals surface area contributed by atoms with E-state index < -0.39 is 61.8 Å². The number of carbonyl (C=O) groups excluding carboxylic acids is 3. The van der Waals surface area contributed by atoms with Gasteiger partial charge in [0.05, 0.1) is 22.9 Å². The van der Waals surface area contributed by atoms with E-state index in [1.54, 1.807) is 0 Å². The molecule has 2 fully saturated rings. The SMILES string of the molecule is CC(C)(C)NC(=O)C1C[C@@H]2CCCC[C@@H]2CN1CC(O)C(Cc1ccccc1)NC(=O)[C@@H](NC(=O)C(C)(C)O)C(C)(C)S(C)(=O)=O. The van der Waals surface area contributed by atoms with Crippen LogP contribution in [0.15, 0.2) is 30.3 Å². The summed E-state index contributed by atoms with van der Waals surface area (Å²) in [5.41, 5.74) is -1.47. The van der Waals surface area contributed by atoms with E-state index in [0.29, 0.717) is 24.8 Å². The molecule has 1 saturated carbocycles. The van der Waals surface area contributed by atoms with Crippen molar-refractivity contribution in [2.45, 2.75) is 127 Å². The number of fused-ring (bicyclic) bond motifs is 1. The van der Waals surface area contributed by atoms with Gasteiger partial charge in [0.2, 0.25) is 11.8 Å². The molecular weight excluding hydrogens is 608 g/mol. The minimum Gasteiger partial charge on any atom is -0.390 e. The van der Waals surface area contributed by atoms with Crippen molar-refractivity contribution in [1.29, 1.82) is 0 Å². The van der Waals surface area contributed by atoms with E-state index in [0.717, 1.165) is 37.5 Å². The lowest BCUT2D eigenvalue weighted by molar-refractivity contribution is -0.140. The van der Waals surface area contributed by atoms with Gasteiger partial charge in [-0.05, 0) is 85.1 Å². The Labute approximate surface area is 275 Å². The van der Waals surface area contributed by atoms with E-state index in [2.05, 4.69) is 16.0 Å². The molecule has 0 aromatic heterocycles. The molecule has 46 heavy (non-hydrogen) atoms. The fourth-order valence-corrected chi connectivity index (χ4v) is 7.08. The highest BCUT2D eigenvalue weighted by atomic mass is 32.2. The summed E-state index contributed by atoms with van der Waals surface area (Å²) >= 11 is 0. The molecule has 11 nitrogen and oxygen atoms in total. The van der Waals surface area contributed by atoms with Crippen LogP contribution in [-0.2, 0) is 30.6 Å². The van der Waals surface area contributed by atoms with Crippen LogP contribution in [0.4, 0.5) is 0 Å². The van der Waals surface area contributed by atoms with E-state index in [4.69, 9.17) is 0 Å². The first-order chi connectivity index (χ1) is 21.1. The second-order valence-electron chi connectivity index (χ2n) is 15.5. The number of benzene rings is 1. The summed E-state index contributed by atoms with van der Waals surface area (Å²) in [4.78, 5) is 42.4. The Morgan fingerprint density at radius 3 is 2.09 bits per heavy atom. The molecule has 1 aliphatic carbocycles. The van der Waals surface area contributed by atoms with Crippen LogP contribution >= 0.6 is 0 Å². The van der Waals surface area contributed by atoms with Crippen LogP contribution in [0.5, 0.6) is 0 Å². The second kappa shape index (κ2) is 14.7. The van der Waals surface area contributed by atoms with Crippen LogP contribution < -0.4 is 16.0 Å². The molecule has 1 aromatic carbocycles. The molecule has 1 heterocycles. The predicted octanol–water partition coefficient (Wildman–Crippen LogP) is 1.95. The molecule has 260 valence electrons. The van der Waals surface area contributed by atoms with E-state index in [-0.39, 0.29) is 18.9 Å². The number of carbonyl (C=O) groups is 3. The number of hydrogen-bond donors (Lipinski definition) is 5. The number of likely N-dealkylation sites (tertiary alicyclic amines) is 1. The largest absolute Gasteiger partial charge is 0.390 e. The van der Waals surface area contributed by atoms with Gasteiger partial charge in [-0.3, -0.25) is 19.3 Å². The Morgan fingerprint density at radius 1 is 0.957 bits per heavy atom. The van der Waals surface area contributed by atoms with Gasteiger partial charge in [-0.2, -0.15) is 0 Å². The maximum absolute atomic E-state index is 14.0. The van der Waals surface area contributed by atoms with Gasteiger partial charge in [0.25, 0.3) is 5.91 Å². The Bertz CT molecular complexity index is 1320. The van der Waals surface area contributed by atoms with Crippen LogP contribution in [0.25, 0.3) is 0 Å². The molecule has 3 amide bonds. The number of aliphatic hydroxyl groups excluding tert-OH is 1. The molecule has 5 N–H and O–H groups in total. The number of aliphatic hydroxyl groups is 2. The topological polar surface area (TPSA) is 165 Å². The van der Waals surface area contributed by atoms with Gasteiger partial charge < -0.3 is 26.2 Å². The van der Waals surface area contributed by atoms with Crippen molar-refractivity contribution in [3.05, 3.63) is 35.9 Å². The number of piperidine rings is 1. The minimum atomic E-state index is -3.89. The second-order valence-corrected chi connectivity index (χ2v) is 18.1. The van der Waals surface area contributed by atoms with Crippen LogP contribution in [0.3, 0.4) is 0 Å². The zero-order valence-corrected chi connectivity index (χ0v) is 29.6. The zero-order valence-electron chi connectivity index (χ0n) is 28.8. The first kappa shape index (κ1) is 37.9. The van der Waals surface area contributed by atoms with Crippen LogP contribution in [0.2, 0.25) is 0 Å². The molecule has 6 atom stereocenters. The van der Waals surface area contributed by atoms with E-state index in [1.807, 2.05) is 56.0 Å². The lowest BCUT2D eigenvalue weighted by atomic mass is 9.72. The summed E-state index contributed by atoms with van der Waals surface area (Å²) in [5, 5.41) is 30.5. The van der Waals surface area contributed by atoms with E-state index >= 15 is 0 Å². The molecule has 1 aromatic rings. The molecule has 0 radical (unpaired) electrons. The van der Waals surface area contributed by atoms with Gasteiger partial charge in [-0.1, -0.05) is 49.6 Å². The summed E-state index contributed by atoms with van der Waals surface area (Å²) in [6.07, 6.45) is 5.20. The number of β-amino-alcohol motifs (C(OH)–C–C–N with tert-alkyl or cyclic N) is 1. The quantitative estimate of drug-likeness (QED) is 0.226. The molecule has 12 heteroatoms. The van der Waals surface area contributed by atoms with Gasteiger partial charge in [-0.15, -0.1) is 0 Å². The monoisotopic (exact) mass is 664 g/mol. The number of rotatable bonds is 12. The third kappa shape index (κ3) is 9.98. The lowest BCUT2D eigenvalue weighted by Crippen LogP contribution is -2.65. The number of nitrogens with zero attached hydrogens (tertiary/aromatic N) is 1.